The van der Waals surface area contributed by atoms with E-state index in [0.29, 0.717) is 11.4 Å². The van der Waals surface area contributed by atoms with Gasteiger partial charge in [-0.1, -0.05) is 18.2 Å². The van der Waals surface area contributed by atoms with Crippen molar-refractivity contribution in [1.29, 1.82) is 0 Å². The fourth-order valence-electron chi connectivity index (χ4n) is 3.01. The summed E-state index contributed by atoms with van der Waals surface area (Å²) in [6, 6.07) is 8.53. The number of amides is 2. The number of carbonyl (C=O) groups is 3. The van der Waals surface area contributed by atoms with Gasteiger partial charge in [0.1, 0.15) is 0 Å². The molecule has 0 bridgehead atoms. The monoisotopic (exact) mass is 444 g/mol. The van der Waals surface area contributed by atoms with Crippen LogP contribution in [0, 0.1) is 13.8 Å². The molecular weight excluding hydrogens is 416 g/mol. The summed E-state index contributed by atoms with van der Waals surface area (Å²) in [6.45, 7) is 3.07. The van der Waals surface area contributed by atoms with Crippen LogP contribution in [0.25, 0.3) is 0 Å². The van der Waals surface area contributed by atoms with Gasteiger partial charge < -0.3 is 29.2 Å². The van der Waals surface area contributed by atoms with Crippen molar-refractivity contribution >= 4 is 23.5 Å². The van der Waals surface area contributed by atoms with Crippen molar-refractivity contribution in [2.45, 2.75) is 13.8 Å². The quantitative estimate of drug-likeness (QED) is 0.593. The molecule has 2 aromatic carbocycles. The van der Waals surface area contributed by atoms with Gasteiger partial charge in [-0.2, -0.15) is 0 Å². The third-order valence-corrected chi connectivity index (χ3v) is 4.78. The van der Waals surface area contributed by atoms with Gasteiger partial charge in [0.25, 0.3) is 5.91 Å². The van der Waals surface area contributed by atoms with Crippen LogP contribution in [0.4, 0.5) is 5.69 Å². The Bertz CT molecular complexity index is 959. The largest absolute Gasteiger partial charge is 0.493 e. The number of nitrogens with zero attached hydrogens (tertiary/aromatic N) is 1. The maximum Gasteiger partial charge on any atom is 0.338 e. The Kier molecular flexibility index (Phi) is 8.46. The predicted molar refractivity (Wildman–Crippen MR) is 119 cm³/mol. The van der Waals surface area contributed by atoms with Crippen molar-refractivity contribution in [3.63, 3.8) is 0 Å². The number of rotatable bonds is 9. The van der Waals surface area contributed by atoms with E-state index in [9.17, 15) is 14.4 Å². The Hall–Kier alpha value is -3.75. The van der Waals surface area contributed by atoms with E-state index in [1.165, 1.54) is 45.4 Å². The molecule has 2 aromatic rings. The maximum absolute atomic E-state index is 12.4. The number of nitrogens with one attached hydrogen (secondary N) is 1. The Morgan fingerprint density at radius 3 is 2.00 bits per heavy atom. The van der Waals surface area contributed by atoms with Gasteiger partial charge in [-0.15, -0.1) is 0 Å². The molecule has 2 rings (SSSR count). The second-order valence-corrected chi connectivity index (χ2v) is 7.05. The molecule has 0 fully saturated rings. The van der Waals surface area contributed by atoms with Crippen LogP contribution in [-0.2, 0) is 14.3 Å². The number of hydrogen-bond donors (Lipinski definition) is 1. The van der Waals surface area contributed by atoms with Gasteiger partial charge in [0, 0.05) is 12.7 Å². The number of likely N-dealkylation sites (N-methyl/N-ethyl adjacent to an activating group) is 1. The molecule has 2 amide bonds. The molecule has 0 aliphatic carbocycles. The Labute approximate surface area is 187 Å². The molecule has 0 radical (unpaired) electrons. The minimum Gasteiger partial charge on any atom is -0.493 e. The minimum absolute atomic E-state index is 0.128. The summed E-state index contributed by atoms with van der Waals surface area (Å²) in [6.07, 6.45) is 0. The molecule has 0 spiro atoms. The zero-order chi connectivity index (χ0) is 23.8. The number of anilines is 1. The highest BCUT2D eigenvalue weighted by molar-refractivity contribution is 5.96. The molecule has 0 unspecified atom stereocenters. The van der Waals surface area contributed by atoms with Crippen molar-refractivity contribution < 1.29 is 33.3 Å². The van der Waals surface area contributed by atoms with Crippen LogP contribution in [0.2, 0.25) is 0 Å². The summed E-state index contributed by atoms with van der Waals surface area (Å²) in [5.74, 6) is -0.726. The highest BCUT2D eigenvalue weighted by Gasteiger charge is 2.20. The van der Waals surface area contributed by atoms with Crippen LogP contribution in [0.1, 0.15) is 21.5 Å². The number of esters is 1. The first-order valence-corrected chi connectivity index (χ1v) is 9.79. The number of hydrogen-bond acceptors (Lipinski definition) is 7. The Morgan fingerprint density at radius 2 is 1.50 bits per heavy atom. The van der Waals surface area contributed by atoms with E-state index in [1.54, 1.807) is 0 Å². The SMILES string of the molecule is COc1cc(C(=O)OCC(=O)N(C)CC(=O)Nc2c(C)cccc2C)cc(OC)c1OC. The van der Waals surface area contributed by atoms with Crippen LogP contribution in [0.5, 0.6) is 17.2 Å². The zero-order valence-electron chi connectivity index (χ0n) is 19.1. The average Bonchev–Trinajstić information content (AvgIpc) is 2.78. The van der Waals surface area contributed by atoms with Gasteiger partial charge in [-0.25, -0.2) is 4.79 Å². The fourth-order valence-corrected chi connectivity index (χ4v) is 3.01. The second kappa shape index (κ2) is 11.0. The van der Waals surface area contributed by atoms with Crippen LogP contribution < -0.4 is 19.5 Å². The summed E-state index contributed by atoms with van der Waals surface area (Å²) >= 11 is 0. The molecule has 9 heteroatoms. The molecule has 0 heterocycles. The van der Waals surface area contributed by atoms with Gasteiger partial charge in [-0.3, -0.25) is 9.59 Å². The number of ether oxygens (including phenoxy) is 4. The van der Waals surface area contributed by atoms with Gasteiger partial charge >= 0.3 is 5.97 Å². The van der Waals surface area contributed by atoms with E-state index in [4.69, 9.17) is 18.9 Å². The van der Waals surface area contributed by atoms with E-state index < -0.39 is 18.5 Å². The van der Waals surface area contributed by atoms with E-state index in [0.717, 1.165) is 11.1 Å². The molecule has 0 aliphatic heterocycles. The lowest BCUT2D eigenvalue weighted by molar-refractivity contribution is -0.136. The van der Waals surface area contributed by atoms with Crippen LogP contribution in [0.3, 0.4) is 0 Å². The summed E-state index contributed by atoms with van der Waals surface area (Å²) in [4.78, 5) is 38.3. The number of para-hydroxylation sites is 1. The van der Waals surface area contributed by atoms with Gasteiger partial charge in [0.2, 0.25) is 11.7 Å². The van der Waals surface area contributed by atoms with Crippen molar-refractivity contribution in [1.82, 2.24) is 4.90 Å². The van der Waals surface area contributed by atoms with E-state index in [1.807, 2.05) is 32.0 Å². The van der Waals surface area contributed by atoms with E-state index >= 15 is 0 Å². The molecule has 172 valence electrons. The lowest BCUT2D eigenvalue weighted by atomic mass is 10.1. The lowest BCUT2D eigenvalue weighted by Gasteiger charge is -2.18. The maximum atomic E-state index is 12.4. The highest BCUT2D eigenvalue weighted by atomic mass is 16.5. The van der Waals surface area contributed by atoms with Crippen molar-refractivity contribution in [3.05, 3.63) is 47.0 Å². The Morgan fingerprint density at radius 1 is 0.938 bits per heavy atom. The highest BCUT2D eigenvalue weighted by Crippen LogP contribution is 2.38. The van der Waals surface area contributed by atoms with Gasteiger partial charge in [-0.05, 0) is 37.1 Å². The normalized spacial score (nSPS) is 10.2. The molecule has 1 N–H and O–H groups in total. The molecule has 0 saturated carbocycles. The molecule has 0 atom stereocenters. The summed E-state index contributed by atoms with van der Waals surface area (Å²) in [5.41, 5.74) is 2.69. The summed E-state index contributed by atoms with van der Waals surface area (Å²) in [5, 5.41) is 2.81. The smallest absolute Gasteiger partial charge is 0.338 e. The molecule has 0 aromatic heterocycles. The first-order valence-electron chi connectivity index (χ1n) is 9.79. The topological polar surface area (TPSA) is 103 Å². The van der Waals surface area contributed by atoms with Gasteiger partial charge in [0.15, 0.2) is 18.1 Å². The third kappa shape index (κ3) is 5.90. The molecule has 0 saturated heterocycles. The van der Waals surface area contributed by atoms with Crippen molar-refractivity contribution in [2.24, 2.45) is 0 Å². The van der Waals surface area contributed by atoms with E-state index in [-0.39, 0.29) is 29.5 Å². The fraction of sp³-hybridized carbons (Fsp3) is 0.348. The standard InChI is InChI=1S/C23H28N2O7/c1-14-8-7-9-15(2)21(14)24-19(26)12-25(3)20(27)13-32-23(28)16-10-17(29-4)22(31-6)18(11-16)30-5/h7-11H,12-13H2,1-6H3,(H,24,26). The third-order valence-electron chi connectivity index (χ3n) is 4.78. The number of methoxy groups -OCH3 is 3. The predicted octanol–water partition coefficient (Wildman–Crippen LogP) is 2.58. The molecular formula is C23H28N2O7. The molecule has 32 heavy (non-hydrogen) atoms. The van der Waals surface area contributed by atoms with Gasteiger partial charge in [0.05, 0.1) is 33.4 Å². The summed E-state index contributed by atoms with van der Waals surface area (Å²) < 4.78 is 20.7. The van der Waals surface area contributed by atoms with Crippen LogP contribution in [0.15, 0.2) is 30.3 Å². The van der Waals surface area contributed by atoms with E-state index in [2.05, 4.69) is 5.32 Å². The van der Waals surface area contributed by atoms with Crippen molar-refractivity contribution in [2.75, 3.05) is 46.8 Å². The summed E-state index contributed by atoms with van der Waals surface area (Å²) in [7, 11) is 5.76. The van der Waals surface area contributed by atoms with Crippen LogP contribution in [-0.4, -0.2) is 64.2 Å². The number of benzene rings is 2. The minimum atomic E-state index is -0.744. The average molecular weight is 444 g/mol. The number of aryl methyl sites for hydroxylation is 2. The molecule has 9 nitrogen and oxygen atoms in total. The number of carbonyl (C=O) groups excluding carboxylic acids is 3. The Balaban J connectivity index is 1.97. The lowest BCUT2D eigenvalue weighted by Crippen LogP contribution is -2.37. The van der Waals surface area contributed by atoms with Crippen molar-refractivity contribution in [3.8, 4) is 17.2 Å². The second-order valence-electron chi connectivity index (χ2n) is 7.05. The van der Waals surface area contributed by atoms with Crippen LogP contribution >= 0.6 is 0 Å². The zero-order valence-corrected chi connectivity index (χ0v) is 19.1. The first-order chi connectivity index (χ1) is 15.2. The molecule has 0 aliphatic rings. The first kappa shape index (κ1) is 24.5.